The number of terminal acetylenes is 2. The first-order valence-corrected chi connectivity index (χ1v) is 10.8. The van der Waals surface area contributed by atoms with E-state index in [2.05, 4.69) is 23.6 Å². The molecule has 1 fully saturated rings. The predicted octanol–water partition coefficient (Wildman–Crippen LogP) is 4.29. The molecule has 3 amide bonds. The molecule has 170 valence electrons. The zero-order valence-electron chi connectivity index (χ0n) is 19.9. The van der Waals surface area contributed by atoms with Crippen LogP contribution in [0.4, 0.5) is 4.79 Å². The molecular formula is C27H35N3O2. The van der Waals surface area contributed by atoms with E-state index in [1.807, 2.05) is 63.3 Å². The number of carbonyl (C=O) groups excluding carboxylic acids is 2. The van der Waals surface area contributed by atoms with Crippen molar-refractivity contribution < 1.29 is 9.59 Å². The Bertz CT molecular complexity index is 900. The van der Waals surface area contributed by atoms with Crippen molar-refractivity contribution in [1.82, 2.24) is 15.1 Å². The van der Waals surface area contributed by atoms with Gasteiger partial charge in [0.1, 0.15) is 12.1 Å². The molecule has 1 aliphatic heterocycles. The monoisotopic (exact) mass is 433 g/mol. The second-order valence-electron chi connectivity index (χ2n) is 7.66. The minimum atomic E-state index is -0.523. The van der Waals surface area contributed by atoms with E-state index in [4.69, 9.17) is 6.42 Å². The number of hydrogen-bond donors (Lipinski definition) is 1. The van der Waals surface area contributed by atoms with Crippen LogP contribution in [0.5, 0.6) is 0 Å². The summed E-state index contributed by atoms with van der Waals surface area (Å²) in [6, 6.07) is 6.84. The molecule has 5 nitrogen and oxygen atoms in total. The van der Waals surface area contributed by atoms with Gasteiger partial charge in [-0.05, 0) is 51.7 Å². The van der Waals surface area contributed by atoms with Crippen molar-refractivity contribution in [2.24, 2.45) is 0 Å². The van der Waals surface area contributed by atoms with Crippen LogP contribution in [0, 0.1) is 31.6 Å². The van der Waals surface area contributed by atoms with E-state index in [-0.39, 0.29) is 11.9 Å². The number of benzene rings is 1. The second-order valence-corrected chi connectivity index (χ2v) is 7.66. The summed E-state index contributed by atoms with van der Waals surface area (Å²) in [7, 11) is 1.78. The molecule has 0 radical (unpaired) electrons. The number of nitrogens with one attached hydrogen (secondary N) is 1. The van der Waals surface area contributed by atoms with Crippen molar-refractivity contribution in [2.45, 2.75) is 59.2 Å². The summed E-state index contributed by atoms with van der Waals surface area (Å²) in [6.07, 6.45) is 17.3. The van der Waals surface area contributed by atoms with Crippen molar-refractivity contribution in [1.29, 1.82) is 0 Å². The number of aryl methyl sites for hydroxylation is 1. The minimum absolute atomic E-state index is 0.0461. The summed E-state index contributed by atoms with van der Waals surface area (Å²) in [5, 5.41) is 2.88. The molecule has 1 unspecified atom stereocenters. The van der Waals surface area contributed by atoms with Gasteiger partial charge in [-0.3, -0.25) is 4.79 Å². The van der Waals surface area contributed by atoms with Crippen molar-refractivity contribution in [2.75, 3.05) is 13.6 Å². The molecule has 1 aromatic carbocycles. The summed E-state index contributed by atoms with van der Waals surface area (Å²) in [5.74, 6) is 4.83. The van der Waals surface area contributed by atoms with E-state index in [1.54, 1.807) is 23.8 Å². The van der Waals surface area contributed by atoms with Gasteiger partial charge in [0.15, 0.2) is 0 Å². The van der Waals surface area contributed by atoms with Crippen molar-refractivity contribution in [3.05, 3.63) is 59.2 Å². The topological polar surface area (TPSA) is 52.7 Å². The van der Waals surface area contributed by atoms with Gasteiger partial charge in [-0.2, -0.15) is 0 Å². The van der Waals surface area contributed by atoms with Crippen molar-refractivity contribution >= 4 is 11.9 Å². The van der Waals surface area contributed by atoms with Gasteiger partial charge in [-0.25, -0.2) is 4.79 Å². The van der Waals surface area contributed by atoms with Gasteiger partial charge >= 0.3 is 6.03 Å². The molecule has 0 spiro atoms. The van der Waals surface area contributed by atoms with E-state index in [0.717, 1.165) is 17.6 Å². The molecule has 0 aliphatic carbocycles. The lowest BCUT2D eigenvalue weighted by Gasteiger charge is -2.29. The first-order valence-electron chi connectivity index (χ1n) is 10.8. The molecule has 1 aliphatic rings. The van der Waals surface area contributed by atoms with Crippen molar-refractivity contribution in [3.8, 4) is 24.7 Å². The fraction of sp³-hybridized carbons (Fsp3) is 0.407. The molecule has 1 aromatic rings. The molecule has 0 bridgehead atoms. The number of likely N-dealkylation sites (tertiary alicyclic amines) is 1. The van der Waals surface area contributed by atoms with Crippen LogP contribution >= 0.6 is 0 Å². The van der Waals surface area contributed by atoms with E-state index in [1.165, 1.54) is 5.56 Å². The van der Waals surface area contributed by atoms with E-state index in [0.29, 0.717) is 19.5 Å². The average Bonchev–Trinajstić information content (AvgIpc) is 3.27. The molecule has 1 saturated heterocycles. The number of likely N-dealkylation sites (N-methyl/N-ethyl adjacent to an activating group) is 1. The number of amides is 3. The maximum Gasteiger partial charge on any atom is 0.319 e. The maximum absolute atomic E-state index is 13.0. The third-order valence-corrected chi connectivity index (χ3v) is 5.18. The Morgan fingerprint density at radius 2 is 1.91 bits per heavy atom. The normalized spacial score (nSPS) is 16.4. The van der Waals surface area contributed by atoms with Crippen LogP contribution in [-0.2, 0) is 11.3 Å². The Morgan fingerprint density at radius 1 is 1.28 bits per heavy atom. The van der Waals surface area contributed by atoms with E-state index >= 15 is 0 Å². The molecule has 0 aromatic heterocycles. The number of urea groups is 1. The Hall–Kier alpha value is -3.44. The molecule has 1 N–H and O–H groups in total. The Labute approximate surface area is 193 Å². The third kappa shape index (κ3) is 7.67. The highest BCUT2D eigenvalue weighted by molar-refractivity contribution is 5.88. The average molecular weight is 434 g/mol. The zero-order chi connectivity index (χ0) is 24.1. The minimum Gasteiger partial charge on any atom is -0.340 e. The van der Waals surface area contributed by atoms with Crippen LogP contribution in [0.25, 0.3) is 0 Å². The van der Waals surface area contributed by atoms with Gasteiger partial charge in [-0.1, -0.05) is 54.0 Å². The van der Waals surface area contributed by atoms with Gasteiger partial charge in [0.05, 0.1) is 0 Å². The predicted molar refractivity (Wildman–Crippen MR) is 132 cm³/mol. The summed E-state index contributed by atoms with van der Waals surface area (Å²) in [5.41, 5.74) is 3.10. The molecule has 2 rings (SSSR count). The van der Waals surface area contributed by atoms with Crippen LogP contribution in [0.3, 0.4) is 0 Å². The van der Waals surface area contributed by atoms with Gasteiger partial charge in [-0.15, -0.1) is 18.8 Å². The molecular weight excluding hydrogens is 398 g/mol. The Balaban J connectivity index is 0.00000161. The second kappa shape index (κ2) is 13.8. The van der Waals surface area contributed by atoms with Crippen LogP contribution in [0.15, 0.2) is 48.1 Å². The fourth-order valence-corrected chi connectivity index (χ4v) is 3.55. The van der Waals surface area contributed by atoms with Crippen LogP contribution in [-0.4, -0.2) is 47.4 Å². The Kier molecular flexibility index (Phi) is 11.5. The first kappa shape index (κ1) is 26.6. The van der Waals surface area contributed by atoms with E-state index < -0.39 is 12.1 Å². The lowest BCUT2D eigenvalue weighted by atomic mass is 10.1. The summed E-state index contributed by atoms with van der Waals surface area (Å²) in [6.45, 7) is 8.54. The highest BCUT2D eigenvalue weighted by atomic mass is 16.2. The van der Waals surface area contributed by atoms with Gasteiger partial charge in [0, 0.05) is 20.1 Å². The summed E-state index contributed by atoms with van der Waals surface area (Å²) in [4.78, 5) is 29.2. The molecule has 32 heavy (non-hydrogen) atoms. The summed E-state index contributed by atoms with van der Waals surface area (Å²) < 4.78 is 0. The Morgan fingerprint density at radius 3 is 2.44 bits per heavy atom. The smallest absolute Gasteiger partial charge is 0.319 e. The summed E-state index contributed by atoms with van der Waals surface area (Å²) >= 11 is 0. The number of rotatable bonds is 6. The molecule has 5 heteroatoms. The largest absolute Gasteiger partial charge is 0.340 e. The number of hydrogen-bond acceptors (Lipinski definition) is 2. The van der Waals surface area contributed by atoms with Crippen LogP contribution in [0.2, 0.25) is 0 Å². The number of carbonyl (C=O) groups is 2. The fourth-order valence-electron chi connectivity index (χ4n) is 3.55. The number of allylic oxidation sites excluding steroid dienone is 2. The zero-order valence-corrected chi connectivity index (χ0v) is 19.9. The van der Waals surface area contributed by atoms with Crippen LogP contribution < -0.4 is 5.32 Å². The SMILES string of the molecule is C#CC.C#CC(NC(=O)N1CCC[C@@H]1C(=O)N(C)Cc1ccc(C)cc1)C(/C=C\C)=C/C. The van der Waals surface area contributed by atoms with Gasteiger partial charge in [0.25, 0.3) is 0 Å². The lowest BCUT2D eigenvalue weighted by Crippen LogP contribution is -2.51. The van der Waals surface area contributed by atoms with Gasteiger partial charge < -0.3 is 15.1 Å². The molecule has 0 saturated carbocycles. The van der Waals surface area contributed by atoms with E-state index in [9.17, 15) is 9.59 Å². The maximum atomic E-state index is 13.0. The number of nitrogens with zero attached hydrogens (tertiary/aromatic N) is 2. The molecule has 1 heterocycles. The first-order chi connectivity index (χ1) is 15.3. The highest BCUT2D eigenvalue weighted by Gasteiger charge is 2.36. The standard InChI is InChI=1S/C24H31N3O2.C3H4/c1-6-10-20(7-2)21(8-3)25-24(29)27-16-9-11-22(27)23(28)26(5)17-19-14-12-18(4)13-15-19;1-3-2/h3,6-7,10,12-15,21-22H,9,11,16-17H2,1-2,4-5H3,(H,25,29);1H,2H3/b10-6-,20-7+;/t21?,22-;/m1./s1. The van der Waals surface area contributed by atoms with Crippen molar-refractivity contribution in [3.63, 3.8) is 0 Å². The quantitative estimate of drug-likeness (QED) is 0.537. The lowest BCUT2D eigenvalue weighted by molar-refractivity contribution is -0.134. The van der Waals surface area contributed by atoms with Gasteiger partial charge in [0.2, 0.25) is 5.91 Å². The molecule has 2 atom stereocenters. The third-order valence-electron chi connectivity index (χ3n) is 5.18. The van der Waals surface area contributed by atoms with Crippen LogP contribution in [0.1, 0.15) is 44.7 Å². The highest BCUT2D eigenvalue weighted by Crippen LogP contribution is 2.20.